The molecule has 10 heteroatoms. The molecule has 0 radical (unpaired) electrons. The largest absolute Gasteiger partial charge is 0.345 e. The lowest BCUT2D eigenvalue weighted by atomic mass is 10.1. The summed E-state index contributed by atoms with van der Waals surface area (Å²) >= 11 is 0. The van der Waals surface area contributed by atoms with Crippen LogP contribution >= 0.6 is 0 Å². The predicted molar refractivity (Wildman–Crippen MR) is 113 cm³/mol. The maximum atomic E-state index is 13.8. The number of amides is 1. The van der Waals surface area contributed by atoms with Crippen LogP contribution in [0.15, 0.2) is 71.8 Å². The zero-order valence-corrected chi connectivity index (χ0v) is 17.2. The van der Waals surface area contributed by atoms with Gasteiger partial charge < -0.3 is 5.32 Å². The van der Waals surface area contributed by atoms with E-state index in [4.69, 9.17) is 0 Å². The maximum Gasteiger partial charge on any atom is 0.262 e. The monoisotopic (exact) mass is 439 g/mol. The molecule has 1 amide bonds. The molecule has 4 aromatic rings. The van der Waals surface area contributed by atoms with Gasteiger partial charge in [-0.25, -0.2) is 12.8 Å². The molecule has 2 aromatic carbocycles. The van der Waals surface area contributed by atoms with Gasteiger partial charge in [0.15, 0.2) is 11.5 Å². The number of halogens is 1. The molecular formula is C21H18FN5O3S. The molecule has 0 aliphatic rings. The summed E-state index contributed by atoms with van der Waals surface area (Å²) in [5, 5.41) is 10.8. The van der Waals surface area contributed by atoms with Crippen molar-refractivity contribution in [3.63, 3.8) is 0 Å². The molecule has 2 heterocycles. The highest BCUT2D eigenvalue weighted by Crippen LogP contribution is 2.21. The lowest BCUT2D eigenvalue weighted by molar-refractivity contribution is 0.0949. The molecule has 0 unspecified atom stereocenters. The molecule has 31 heavy (non-hydrogen) atoms. The molecule has 158 valence electrons. The minimum Gasteiger partial charge on any atom is -0.345 e. The van der Waals surface area contributed by atoms with Crippen LogP contribution in [0.1, 0.15) is 21.7 Å². The molecule has 0 aliphatic carbocycles. The van der Waals surface area contributed by atoms with Crippen LogP contribution in [-0.2, 0) is 16.6 Å². The zero-order chi connectivity index (χ0) is 22.0. The van der Waals surface area contributed by atoms with Gasteiger partial charge in [0.25, 0.3) is 15.9 Å². The van der Waals surface area contributed by atoms with Gasteiger partial charge in [-0.1, -0.05) is 24.3 Å². The summed E-state index contributed by atoms with van der Waals surface area (Å²) in [7, 11) is -4.09. The number of fused-ring (bicyclic) bond motifs is 1. The van der Waals surface area contributed by atoms with Crippen molar-refractivity contribution < 1.29 is 17.6 Å². The molecule has 2 aromatic heterocycles. The van der Waals surface area contributed by atoms with Crippen molar-refractivity contribution in [2.75, 3.05) is 4.72 Å². The van der Waals surface area contributed by atoms with E-state index in [2.05, 4.69) is 20.2 Å². The van der Waals surface area contributed by atoms with E-state index in [0.29, 0.717) is 17.0 Å². The Morgan fingerprint density at radius 1 is 1.06 bits per heavy atom. The number of nitrogens with zero attached hydrogens (tertiary/aromatic N) is 3. The normalized spacial score (nSPS) is 11.4. The number of sulfonamides is 1. The Bertz CT molecular complexity index is 1380. The van der Waals surface area contributed by atoms with Gasteiger partial charge in [0, 0.05) is 11.8 Å². The molecule has 0 atom stereocenters. The number of para-hydroxylation sites is 1. The number of anilines is 1. The zero-order valence-electron chi connectivity index (χ0n) is 16.4. The van der Waals surface area contributed by atoms with Gasteiger partial charge in [-0.15, -0.1) is 10.2 Å². The molecule has 0 saturated heterocycles. The number of hydrogen-bond acceptors (Lipinski definition) is 5. The van der Waals surface area contributed by atoms with Gasteiger partial charge in [-0.2, -0.15) is 0 Å². The summed E-state index contributed by atoms with van der Waals surface area (Å²) in [5.41, 5.74) is 1.25. The van der Waals surface area contributed by atoms with Crippen molar-refractivity contribution >= 4 is 27.3 Å². The van der Waals surface area contributed by atoms with E-state index in [0.717, 1.165) is 6.07 Å². The number of nitrogens with one attached hydrogen (secondary N) is 2. The van der Waals surface area contributed by atoms with E-state index in [-0.39, 0.29) is 22.7 Å². The smallest absolute Gasteiger partial charge is 0.262 e. The first kappa shape index (κ1) is 20.5. The first-order valence-electron chi connectivity index (χ1n) is 9.30. The number of pyridine rings is 1. The Kier molecular flexibility index (Phi) is 5.38. The quantitative estimate of drug-likeness (QED) is 0.481. The van der Waals surface area contributed by atoms with Crippen molar-refractivity contribution in [2.24, 2.45) is 0 Å². The number of aromatic nitrogens is 3. The summed E-state index contributed by atoms with van der Waals surface area (Å²) in [4.78, 5) is 12.6. The summed E-state index contributed by atoms with van der Waals surface area (Å²) in [6.07, 6.45) is 1.78. The third-order valence-electron chi connectivity index (χ3n) is 4.67. The van der Waals surface area contributed by atoms with Gasteiger partial charge in [0.05, 0.1) is 17.1 Å². The lowest BCUT2D eigenvalue weighted by Crippen LogP contribution is -2.25. The highest BCUT2D eigenvalue weighted by molar-refractivity contribution is 7.92. The van der Waals surface area contributed by atoms with E-state index in [9.17, 15) is 17.6 Å². The minimum absolute atomic E-state index is 0.105. The standard InChI is InChI=1S/C21H18FN5O3S/c1-14-9-10-15(31(29,30)26-18-7-3-2-6-17(18)22)12-16(14)21(28)23-13-20-25-24-19-8-4-5-11-27(19)20/h2-12,26H,13H2,1H3,(H,23,28). The van der Waals surface area contributed by atoms with Gasteiger partial charge in [0.1, 0.15) is 5.82 Å². The first-order valence-corrected chi connectivity index (χ1v) is 10.8. The summed E-state index contributed by atoms with van der Waals surface area (Å²) in [6.45, 7) is 1.80. The van der Waals surface area contributed by atoms with Crippen LogP contribution < -0.4 is 10.0 Å². The fraction of sp³-hybridized carbons (Fsp3) is 0.0952. The average Bonchev–Trinajstić information content (AvgIpc) is 3.17. The van der Waals surface area contributed by atoms with E-state index in [1.54, 1.807) is 23.6 Å². The molecule has 0 spiro atoms. The Hall–Kier alpha value is -3.79. The van der Waals surface area contributed by atoms with E-state index < -0.39 is 21.7 Å². The van der Waals surface area contributed by atoms with Crippen LogP contribution in [0.25, 0.3) is 5.65 Å². The highest BCUT2D eigenvalue weighted by atomic mass is 32.2. The minimum atomic E-state index is -4.09. The van der Waals surface area contributed by atoms with Crippen LogP contribution in [0.3, 0.4) is 0 Å². The molecule has 0 aliphatic heterocycles. The second kappa shape index (κ2) is 8.15. The Morgan fingerprint density at radius 2 is 1.84 bits per heavy atom. The summed E-state index contributed by atoms with van der Waals surface area (Å²) in [5.74, 6) is -0.628. The third-order valence-corrected chi connectivity index (χ3v) is 6.04. The fourth-order valence-electron chi connectivity index (χ4n) is 3.03. The average molecular weight is 439 g/mol. The maximum absolute atomic E-state index is 13.8. The number of benzene rings is 2. The van der Waals surface area contributed by atoms with Crippen LogP contribution in [0, 0.1) is 12.7 Å². The molecule has 4 rings (SSSR count). The molecule has 8 nitrogen and oxygen atoms in total. The number of carbonyl (C=O) groups is 1. The lowest BCUT2D eigenvalue weighted by Gasteiger charge is -2.12. The number of rotatable bonds is 6. The Balaban J connectivity index is 1.55. The van der Waals surface area contributed by atoms with E-state index >= 15 is 0 Å². The van der Waals surface area contributed by atoms with Gasteiger partial charge in [-0.05, 0) is 48.9 Å². The second-order valence-electron chi connectivity index (χ2n) is 6.79. The van der Waals surface area contributed by atoms with Crippen molar-refractivity contribution in [3.8, 4) is 0 Å². The SMILES string of the molecule is Cc1ccc(S(=O)(=O)Nc2ccccc2F)cc1C(=O)NCc1nnc2ccccn12. The highest BCUT2D eigenvalue weighted by Gasteiger charge is 2.20. The molecular weight excluding hydrogens is 421 g/mol. The van der Waals surface area contributed by atoms with Crippen LogP contribution in [0.2, 0.25) is 0 Å². The summed E-state index contributed by atoms with van der Waals surface area (Å²) < 4.78 is 43.2. The number of aryl methyl sites for hydroxylation is 1. The first-order chi connectivity index (χ1) is 14.8. The van der Waals surface area contributed by atoms with E-state index in [1.165, 1.54) is 36.4 Å². The predicted octanol–water partition coefficient (Wildman–Crippen LogP) is 2.91. The van der Waals surface area contributed by atoms with Crippen LogP contribution in [-0.4, -0.2) is 28.9 Å². The van der Waals surface area contributed by atoms with Crippen molar-refractivity contribution in [3.05, 3.63) is 89.6 Å². The Morgan fingerprint density at radius 3 is 2.65 bits per heavy atom. The van der Waals surface area contributed by atoms with Gasteiger partial charge in [-0.3, -0.25) is 13.9 Å². The second-order valence-corrected chi connectivity index (χ2v) is 8.47. The molecule has 0 fully saturated rings. The van der Waals surface area contributed by atoms with Crippen LogP contribution in [0.4, 0.5) is 10.1 Å². The molecule has 0 bridgehead atoms. The summed E-state index contributed by atoms with van der Waals surface area (Å²) in [6, 6.07) is 15.0. The molecule has 2 N–H and O–H groups in total. The van der Waals surface area contributed by atoms with Crippen molar-refractivity contribution in [2.45, 2.75) is 18.4 Å². The van der Waals surface area contributed by atoms with E-state index in [1.807, 2.05) is 12.1 Å². The number of hydrogen-bond donors (Lipinski definition) is 2. The third kappa shape index (κ3) is 4.24. The van der Waals surface area contributed by atoms with Gasteiger partial charge in [0.2, 0.25) is 0 Å². The fourth-order valence-corrected chi connectivity index (χ4v) is 4.12. The van der Waals surface area contributed by atoms with Crippen LogP contribution in [0.5, 0.6) is 0 Å². The van der Waals surface area contributed by atoms with Crippen molar-refractivity contribution in [1.82, 2.24) is 19.9 Å². The van der Waals surface area contributed by atoms with Crippen molar-refractivity contribution in [1.29, 1.82) is 0 Å². The Labute approximate surface area is 177 Å². The topological polar surface area (TPSA) is 105 Å². The molecule has 0 saturated carbocycles. The van der Waals surface area contributed by atoms with Gasteiger partial charge >= 0.3 is 0 Å². The number of carbonyl (C=O) groups excluding carboxylic acids is 1.